The molecule has 2 aromatic rings. The minimum Gasteiger partial charge on any atom is -0.406 e. The Morgan fingerprint density at radius 2 is 1.86 bits per heavy atom. The van der Waals surface area contributed by atoms with E-state index in [1.54, 1.807) is 17.0 Å². The quantitative estimate of drug-likeness (QED) is 0.493. The first-order valence-electron chi connectivity index (χ1n) is 12.5. The molecular weight excluding hydrogens is 469 g/mol. The molecule has 0 atom stereocenters. The number of nitrogens with zero attached hydrogens (tertiary/aromatic N) is 3. The van der Waals surface area contributed by atoms with Crippen molar-refractivity contribution in [1.82, 2.24) is 14.7 Å². The summed E-state index contributed by atoms with van der Waals surface area (Å²) in [5, 5.41) is 3.36. The average Bonchev–Trinajstić information content (AvgIpc) is 3.64. The standard InChI is InChI=1S/C27H35F3N4O2/c1-32(2)14-15-34(18-21-8-10-23(11-9-21)36-27(28,29)30)26(35)16-31-25-5-3-4-22-19-33(13-12-24(22)25)17-20-6-7-20/h3-5,8-11,20,31H,6-7,12-19H2,1-2H3. The van der Waals surface area contributed by atoms with Crippen LogP contribution < -0.4 is 10.1 Å². The first-order valence-corrected chi connectivity index (χ1v) is 12.5. The molecule has 4 rings (SSSR count). The number of carbonyl (C=O) groups excluding carboxylic acids is 1. The lowest BCUT2D eigenvalue weighted by Gasteiger charge is -2.30. The van der Waals surface area contributed by atoms with Crippen LogP contribution in [0.3, 0.4) is 0 Å². The summed E-state index contributed by atoms with van der Waals surface area (Å²) in [6.07, 6.45) is -1.06. The molecule has 1 N–H and O–H groups in total. The van der Waals surface area contributed by atoms with Crippen molar-refractivity contribution in [1.29, 1.82) is 0 Å². The van der Waals surface area contributed by atoms with E-state index in [4.69, 9.17) is 0 Å². The Kier molecular flexibility index (Phi) is 8.41. The SMILES string of the molecule is CN(C)CCN(Cc1ccc(OC(F)(F)F)cc1)C(=O)CNc1cccc2c1CCN(CC1CC1)C2. The van der Waals surface area contributed by atoms with Gasteiger partial charge >= 0.3 is 6.36 Å². The van der Waals surface area contributed by atoms with Crippen LogP contribution in [-0.2, 0) is 24.3 Å². The highest BCUT2D eigenvalue weighted by molar-refractivity contribution is 5.81. The summed E-state index contributed by atoms with van der Waals surface area (Å²) in [6.45, 7) is 4.84. The number of anilines is 1. The van der Waals surface area contributed by atoms with Gasteiger partial charge in [0.2, 0.25) is 5.91 Å². The average molecular weight is 505 g/mol. The monoisotopic (exact) mass is 504 g/mol. The normalized spacial score (nSPS) is 16.1. The zero-order chi connectivity index (χ0) is 25.7. The molecule has 6 nitrogen and oxygen atoms in total. The van der Waals surface area contributed by atoms with Crippen LogP contribution >= 0.6 is 0 Å². The maximum absolute atomic E-state index is 13.2. The van der Waals surface area contributed by atoms with E-state index < -0.39 is 6.36 Å². The van der Waals surface area contributed by atoms with E-state index >= 15 is 0 Å². The minimum atomic E-state index is -4.73. The third-order valence-corrected chi connectivity index (χ3v) is 6.69. The van der Waals surface area contributed by atoms with Gasteiger partial charge in [-0.3, -0.25) is 9.69 Å². The summed E-state index contributed by atoms with van der Waals surface area (Å²) in [6, 6.07) is 11.9. The number of amides is 1. The number of fused-ring (bicyclic) bond motifs is 1. The Labute approximate surface area is 211 Å². The van der Waals surface area contributed by atoms with E-state index in [0.717, 1.165) is 36.7 Å². The zero-order valence-electron chi connectivity index (χ0n) is 21.0. The van der Waals surface area contributed by atoms with Gasteiger partial charge in [0.1, 0.15) is 5.75 Å². The van der Waals surface area contributed by atoms with Gasteiger partial charge in [-0.2, -0.15) is 0 Å². The third kappa shape index (κ3) is 7.86. The zero-order valence-corrected chi connectivity index (χ0v) is 21.0. The van der Waals surface area contributed by atoms with Gasteiger partial charge in [-0.25, -0.2) is 0 Å². The number of alkyl halides is 3. The molecule has 1 fully saturated rings. The van der Waals surface area contributed by atoms with Crippen molar-refractivity contribution >= 4 is 11.6 Å². The van der Waals surface area contributed by atoms with E-state index in [1.165, 1.54) is 42.6 Å². The molecule has 0 aromatic heterocycles. The van der Waals surface area contributed by atoms with Crippen LogP contribution in [0.15, 0.2) is 42.5 Å². The first kappa shape index (κ1) is 26.3. The Hall–Kier alpha value is -2.78. The number of rotatable bonds is 11. The van der Waals surface area contributed by atoms with Gasteiger partial charge in [0.15, 0.2) is 0 Å². The second kappa shape index (κ2) is 11.5. The topological polar surface area (TPSA) is 48.1 Å². The second-order valence-corrected chi connectivity index (χ2v) is 10.0. The molecular formula is C27H35F3N4O2. The lowest BCUT2D eigenvalue weighted by Crippen LogP contribution is -2.39. The van der Waals surface area contributed by atoms with E-state index in [-0.39, 0.29) is 18.2 Å². The molecule has 0 bridgehead atoms. The summed E-state index contributed by atoms with van der Waals surface area (Å²) < 4.78 is 41.3. The summed E-state index contributed by atoms with van der Waals surface area (Å²) in [5.74, 6) is 0.534. The fourth-order valence-electron chi connectivity index (χ4n) is 4.57. The number of hydrogen-bond acceptors (Lipinski definition) is 5. The molecule has 1 heterocycles. The van der Waals surface area contributed by atoms with Gasteiger partial charge in [-0.15, -0.1) is 13.2 Å². The van der Waals surface area contributed by atoms with Crippen molar-refractivity contribution in [2.45, 2.75) is 38.7 Å². The van der Waals surface area contributed by atoms with Crippen molar-refractivity contribution in [2.75, 3.05) is 52.1 Å². The molecule has 1 saturated carbocycles. The lowest BCUT2D eigenvalue weighted by molar-refractivity contribution is -0.274. The predicted molar refractivity (Wildman–Crippen MR) is 134 cm³/mol. The van der Waals surface area contributed by atoms with Gasteiger partial charge in [0.25, 0.3) is 0 Å². The van der Waals surface area contributed by atoms with E-state index in [0.29, 0.717) is 19.6 Å². The number of ether oxygens (including phenoxy) is 1. The largest absolute Gasteiger partial charge is 0.573 e. The Bertz CT molecular complexity index is 1020. The number of likely N-dealkylation sites (N-methyl/N-ethyl adjacent to an activating group) is 1. The molecule has 0 radical (unpaired) electrons. The van der Waals surface area contributed by atoms with Crippen molar-refractivity contribution in [3.63, 3.8) is 0 Å². The van der Waals surface area contributed by atoms with Crippen LogP contribution in [0, 0.1) is 5.92 Å². The van der Waals surface area contributed by atoms with Crippen molar-refractivity contribution in [3.05, 3.63) is 59.2 Å². The van der Waals surface area contributed by atoms with Crippen LogP contribution in [0.25, 0.3) is 0 Å². The van der Waals surface area contributed by atoms with E-state index in [1.807, 2.05) is 31.1 Å². The van der Waals surface area contributed by atoms with Crippen molar-refractivity contribution in [2.24, 2.45) is 5.92 Å². The van der Waals surface area contributed by atoms with Crippen LogP contribution in [0.1, 0.15) is 29.5 Å². The Balaban J connectivity index is 1.37. The molecule has 1 amide bonds. The molecule has 36 heavy (non-hydrogen) atoms. The lowest BCUT2D eigenvalue weighted by atomic mass is 9.97. The minimum absolute atomic E-state index is 0.0590. The second-order valence-electron chi connectivity index (χ2n) is 10.0. The molecule has 0 saturated heterocycles. The maximum Gasteiger partial charge on any atom is 0.573 e. The highest BCUT2D eigenvalue weighted by atomic mass is 19.4. The fourth-order valence-corrected chi connectivity index (χ4v) is 4.57. The maximum atomic E-state index is 13.2. The Morgan fingerprint density at radius 3 is 2.53 bits per heavy atom. The molecule has 1 aliphatic carbocycles. The summed E-state index contributed by atoms with van der Waals surface area (Å²) >= 11 is 0. The smallest absolute Gasteiger partial charge is 0.406 e. The Morgan fingerprint density at radius 1 is 1.11 bits per heavy atom. The van der Waals surface area contributed by atoms with Gasteiger partial charge in [0, 0.05) is 45.0 Å². The molecule has 0 unspecified atom stereocenters. The molecule has 196 valence electrons. The molecule has 2 aromatic carbocycles. The van der Waals surface area contributed by atoms with E-state index in [9.17, 15) is 18.0 Å². The molecule has 2 aliphatic rings. The van der Waals surface area contributed by atoms with Crippen LogP contribution in [0.5, 0.6) is 5.75 Å². The highest BCUT2D eigenvalue weighted by Crippen LogP contribution is 2.33. The van der Waals surface area contributed by atoms with Crippen LogP contribution in [0.2, 0.25) is 0 Å². The van der Waals surface area contributed by atoms with Gasteiger partial charge in [-0.1, -0.05) is 24.3 Å². The van der Waals surface area contributed by atoms with Crippen LogP contribution in [-0.4, -0.2) is 73.8 Å². The van der Waals surface area contributed by atoms with Crippen LogP contribution in [0.4, 0.5) is 18.9 Å². The number of hydrogen-bond donors (Lipinski definition) is 1. The number of benzene rings is 2. The van der Waals surface area contributed by atoms with Gasteiger partial charge < -0.3 is 19.9 Å². The summed E-state index contributed by atoms with van der Waals surface area (Å²) in [5.41, 5.74) is 4.36. The van der Waals surface area contributed by atoms with Gasteiger partial charge in [0.05, 0.1) is 6.54 Å². The number of nitrogens with one attached hydrogen (secondary N) is 1. The summed E-state index contributed by atoms with van der Waals surface area (Å²) in [7, 11) is 3.87. The third-order valence-electron chi connectivity index (χ3n) is 6.69. The first-order chi connectivity index (χ1) is 17.2. The van der Waals surface area contributed by atoms with Crippen molar-refractivity contribution in [3.8, 4) is 5.75 Å². The molecule has 1 aliphatic heterocycles. The predicted octanol–water partition coefficient (Wildman–Crippen LogP) is 4.36. The molecule has 9 heteroatoms. The number of carbonyl (C=O) groups is 1. The van der Waals surface area contributed by atoms with E-state index in [2.05, 4.69) is 21.0 Å². The fraction of sp³-hybridized carbons (Fsp3) is 0.519. The summed E-state index contributed by atoms with van der Waals surface area (Å²) in [4.78, 5) is 19.5. The molecule has 0 spiro atoms. The van der Waals surface area contributed by atoms with Crippen molar-refractivity contribution < 1.29 is 22.7 Å². The highest BCUT2D eigenvalue weighted by Gasteiger charge is 2.31. The number of halogens is 3. The van der Waals surface area contributed by atoms with Gasteiger partial charge in [-0.05, 0) is 74.2 Å².